The first-order valence-electron chi connectivity index (χ1n) is 5.63. The predicted molar refractivity (Wildman–Crippen MR) is 65.8 cm³/mol. The smallest absolute Gasteiger partial charge is 0.292 e. The standard InChI is InChI=1S/C13H16N2O/c1-4-15-12-7-10(9(2)3)5-6-11(12)8-14-13(15)16/h5-9H,4H2,1-3H3. The van der Waals surface area contributed by atoms with Crippen molar-refractivity contribution in [2.75, 3.05) is 0 Å². The molecule has 2 aromatic rings. The summed E-state index contributed by atoms with van der Waals surface area (Å²) in [5.74, 6) is 0.470. The van der Waals surface area contributed by atoms with Crippen molar-refractivity contribution in [2.45, 2.75) is 33.2 Å². The van der Waals surface area contributed by atoms with E-state index in [4.69, 9.17) is 0 Å². The molecule has 0 saturated heterocycles. The zero-order valence-electron chi connectivity index (χ0n) is 9.90. The second-order valence-corrected chi connectivity index (χ2v) is 4.26. The van der Waals surface area contributed by atoms with Crippen LogP contribution < -0.4 is 5.69 Å². The minimum atomic E-state index is -0.170. The lowest BCUT2D eigenvalue weighted by Gasteiger charge is -2.10. The molecule has 0 atom stereocenters. The van der Waals surface area contributed by atoms with Gasteiger partial charge >= 0.3 is 5.69 Å². The monoisotopic (exact) mass is 216 g/mol. The summed E-state index contributed by atoms with van der Waals surface area (Å²) in [6.07, 6.45) is 1.65. The van der Waals surface area contributed by atoms with Gasteiger partial charge in [-0.25, -0.2) is 9.78 Å². The maximum Gasteiger partial charge on any atom is 0.347 e. The lowest BCUT2D eigenvalue weighted by molar-refractivity contribution is 0.730. The molecule has 1 aromatic heterocycles. The van der Waals surface area contributed by atoms with Crippen LogP contribution in [0.2, 0.25) is 0 Å². The van der Waals surface area contributed by atoms with Gasteiger partial charge in [0.25, 0.3) is 0 Å². The highest BCUT2D eigenvalue weighted by atomic mass is 16.1. The SMILES string of the molecule is CCn1c(=O)ncc2ccc(C(C)C)cc21. The van der Waals surface area contributed by atoms with E-state index in [9.17, 15) is 4.79 Å². The molecule has 0 aliphatic rings. The lowest BCUT2D eigenvalue weighted by atomic mass is 10.0. The number of fused-ring (bicyclic) bond motifs is 1. The number of benzene rings is 1. The van der Waals surface area contributed by atoms with Crippen LogP contribution in [-0.4, -0.2) is 9.55 Å². The number of aromatic nitrogens is 2. The predicted octanol–water partition coefficient (Wildman–Crippen LogP) is 2.54. The van der Waals surface area contributed by atoms with Gasteiger partial charge in [-0.3, -0.25) is 4.57 Å². The Morgan fingerprint density at radius 2 is 2.12 bits per heavy atom. The van der Waals surface area contributed by atoms with Crippen molar-refractivity contribution in [1.29, 1.82) is 0 Å². The molecule has 2 rings (SSSR count). The van der Waals surface area contributed by atoms with E-state index < -0.39 is 0 Å². The van der Waals surface area contributed by atoms with E-state index in [1.165, 1.54) is 5.56 Å². The molecule has 16 heavy (non-hydrogen) atoms. The number of rotatable bonds is 2. The highest BCUT2D eigenvalue weighted by Crippen LogP contribution is 2.19. The van der Waals surface area contributed by atoms with Crippen LogP contribution >= 0.6 is 0 Å². The van der Waals surface area contributed by atoms with Gasteiger partial charge in [-0.2, -0.15) is 0 Å². The Bertz CT molecular complexity index is 570. The molecule has 0 aliphatic carbocycles. The minimum Gasteiger partial charge on any atom is -0.292 e. The second-order valence-electron chi connectivity index (χ2n) is 4.26. The summed E-state index contributed by atoms with van der Waals surface area (Å²) in [4.78, 5) is 15.5. The van der Waals surface area contributed by atoms with Gasteiger partial charge in [0.2, 0.25) is 0 Å². The van der Waals surface area contributed by atoms with Crippen molar-refractivity contribution in [2.24, 2.45) is 0 Å². The third-order valence-corrected chi connectivity index (χ3v) is 2.87. The number of hydrogen-bond donors (Lipinski definition) is 0. The molecule has 0 aliphatic heterocycles. The summed E-state index contributed by atoms with van der Waals surface area (Å²) in [5.41, 5.74) is 2.06. The summed E-state index contributed by atoms with van der Waals surface area (Å²) in [5, 5.41) is 1.02. The average molecular weight is 216 g/mol. The largest absolute Gasteiger partial charge is 0.347 e. The Morgan fingerprint density at radius 1 is 1.38 bits per heavy atom. The summed E-state index contributed by atoms with van der Waals surface area (Å²) >= 11 is 0. The van der Waals surface area contributed by atoms with Crippen molar-refractivity contribution in [3.05, 3.63) is 40.4 Å². The molecule has 3 heteroatoms. The summed E-state index contributed by atoms with van der Waals surface area (Å²) < 4.78 is 1.71. The number of nitrogens with zero attached hydrogens (tertiary/aromatic N) is 2. The average Bonchev–Trinajstić information content (AvgIpc) is 2.28. The molecule has 1 aromatic carbocycles. The molecule has 0 bridgehead atoms. The highest BCUT2D eigenvalue weighted by Gasteiger charge is 2.05. The minimum absolute atomic E-state index is 0.170. The van der Waals surface area contributed by atoms with Gasteiger partial charge < -0.3 is 0 Å². The molecule has 1 heterocycles. The third-order valence-electron chi connectivity index (χ3n) is 2.87. The zero-order valence-corrected chi connectivity index (χ0v) is 9.90. The fourth-order valence-electron chi connectivity index (χ4n) is 1.87. The number of aryl methyl sites for hydroxylation is 1. The van der Waals surface area contributed by atoms with Crippen molar-refractivity contribution in [3.63, 3.8) is 0 Å². The van der Waals surface area contributed by atoms with E-state index in [0.29, 0.717) is 12.5 Å². The van der Waals surface area contributed by atoms with Gasteiger partial charge in [0.05, 0.1) is 5.52 Å². The fraction of sp³-hybridized carbons (Fsp3) is 0.385. The molecule has 0 N–H and O–H groups in total. The third kappa shape index (κ3) is 1.73. The molecule has 0 fully saturated rings. The lowest BCUT2D eigenvalue weighted by Crippen LogP contribution is -2.21. The van der Waals surface area contributed by atoms with E-state index in [0.717, 1.165) is 10.9 Å². The van der Waals surface area contributed by atoms with E-state index in [1.54, 1.807) is 10.8 Å². The van der Waals surface area contributed by atoms with E-state index in [-0.39, 0.29) is 5.69 Å². The van der Waals surface area contributed by atoms with Crippen LogP contribution in [-0.2, 0) is 6.54 Å². The van der Waals surface area contributed by atoms with E-state index >= 15 is 0 Å². The molecule has 3 nitrogen and oxygen atoms in total. The van der Waals surface area contributed by atoms with Gasteiger partial charge in [0.1, 0.15) is 0 Å². The van der Waals surface area contributed by atoms with Crippen LogP contribution in [0.15, 0.2) is 29.2 Å². The molecule has 0 spiro atoms. The fourth-order valence-corrected chi connectivity index (χ4v) is 1.87. The maximum absolute atomic E-state index is 11.6. The van der Waals surface area contributed by atoms with Gasteiger partial charge in [0, 0.05) is 18.1 Å². The highest BCUT2D eigenvalue weighted by molar-refractivity contribution is 5.78. The number of hydrogen-bond acceptors (Lipinski definition) is 2. The summed E-state index contributed by atoms with van der Waals surface area (Å²) in [6.45, 7) is 6.92. The van der Waals surface area contributed by atoms with Gasteiger partial charge in [-0.15, -0.1) is 0 Å². The Labute approximate surface area is 94.7 Å². The Balaban J connectivity index is 2.78. The van der Waals surface area contributed by atoms with Gasteiger partial charge in [-0.05, 0) is 24.5 Å². The Kier molecular flexibility index (Phi) is 2.77. The molecule has 84 valence electrons. The van der Waals surface area contributed by atoms with Gasteiger partial charge in [0.15, 0.2) is 0 Å². The van der Waals surface area contributed by atoms with Gasteiger partial charge in [-0.1, -0.05) is 26.0 Å². The zero-order chi connectivity index (χ0) is 11.7. The molecular formula is C13H16N2O. The Morgan fingerprint density at radius 3 is 2.75 bits per heavy atom. The molecule has 0 amide bonds. The van der Waals surface area contributed by atoms with E-state index in [1.807, 2.05) is 13.0 Å². The quantitative estimate of drug-likeness (QED) is 0.773. The van der Waals surface area contributed by atoms with Crippen molar-refractivity contribution in [3.8, 4) is 0 Å². The normalized spacial score (nSPS) is 11.2. The molecular weight excluding hydrogens is 200 g/mol. The molecule has 0 saturated carbocycles. The maximum atomic E-state index is 11.6. The summed E-state index contributed by atoms with van der Waals surface area (Å²) in [6, 6.07) is 6.22. The topological polar surface area (TPSA) is 34.9 Å². The van der Waals surface area contributed by atoms with E-state index in [2.05, 4.69) is 31.0 Å². The summed E-state index contributed by atoms with van der Waals surface area (Å²) in [7, 11) is 0. The molecule has 0 unspecified atom stereocenters. The van der Waals surface area contributed by atoms with Crippen LogP contribution in [0.1, 0.15) is 32.3 Å². The van der Waals surface area contributed by atoms with Crippen molar-refractivity contribution >= 4 is 10.9 Å². The van der Waals surface area contributed by atoms with Crippen LogP contribution in [0, 0.1) is 0 Å². The van der Waals surface area contributed by atoms with Crippen molar-refractivity contribution in [1.82, 2.24) is 9.55 Å². The first-order chi connectivity index (χ1) is 7.63. The first-order valence-corrected chi connectivity index (χ1v) is 5.63. The van der Waals surface area contributed by atoms with Crippen LogP contribution in [0.5, 0.6) is 0 Å². The van der Waals surface area contributed by atoms with Crippen LogP contribution in [0.4, 0.5) is 0 Å². The van der Waals surface area contributed by atoms with Crippen LogP contribution in [0.3, 0.4) is 0 Å². The van der Waals surface area contributed by atoms with Crippen molar-refractivity contribution < 1.29 is 0 Å². The molecule has 0 radical (unpaired) electrons. The Hall–Kier alpha value is -1.64. The second kappa shape index (κ2) is 4.08. The van der Waals surface area contributed by atoms with Crippen LogP contribution in [0.25, 0.3) is 10.9 Å². The first kappa shape index (κ1) is 10.9.